The number of hydrogen-bond donors (Lipinski definition) is 2. The fraction of sp³-hybridized carbons (Fsp3) is 0.571. The average molecular weight is 248 g/mol. The Balaban J connectivity index is 1.67. The Kier molecular flexibility index (Phi) is 4.31. The highest BCUT2D eigenvalue weighted by atomic mass is 16.3. The van der Waals surface area contributed by atoms with Crippen LogP contribution >= 0.6 is 0 Å². The monoisotopic (exact) mass is 248 g/mol. The van der Waals surface area contributed by atoms with Crippen LogP contribution in [0.2, 0.25) is 0 Å². The summed E-state index contributed by atoms with van der Waals surface area (Å²) in [7, 11) is 0. The van der Waals surface area contributed by atoms with E-state index in [0.29, 0.717) is 13.0 Å². The fourth-order valence-corrected chi connectivity index (χ4v) is 2.11. The molecule has 0 saturated heterocycles. The molecule has 18 heavy (non-hydrogen) atoms. The molecule has 0 aromatic carbocycles. The van der Waals surface area contributed by atoms with E-state index in [4.69, 9.17) is 5.11 Å². The lowest BCUT2D eigenvalue weighted by Gasteiger charge is -2.14. The second kappa shape index (κ2) is 5.96. The topological polar surface area (TPSA) is 62.2 Å². The molecular weight excluding hydrogens is 228 g/mol. The van der Waals surface area contributed by atoms with Crippen molar-refractivity contribution in [2.75, 3.05) is 13.2 Å². The van der Waals surface area contributed by atoms with Gasteiger partial charge in [0.2, 0.25) is 5.91 Å². The van der Waals surface area contributed by atoms with Crippen LogP contribution in [0, 0.1) is 5.41 Å². The maximum Gasteiger partial charge on any atom is 0.220 e. The summed E-state index contributed by atoms with van der Waals surface area (Å²) in [5, 5.41) is 11.9. The van der Waals surface area contributed by atoms with Crippen molar-refractivity contribution in [3.05, 3.63) is 30.1 Å². The van der Waals surface area contributed by atoms with Crippen LogP contribution in [0.5, 0.6) is 0 Å². The second-order valence-corrected chi connectivity index (χ2v) is 5.11. The van der Waals surface area contributed by atoms with Crippen molar-refractivity contribution in [3.63, 3.8) is 0 Å². The third-order valence-electron chi connectivity index (χ3n) is 3.65. The quantitative estimate of drug-likeness (QED) is 0.764. The van der Waals surface area contributed by atoms with E-state index in [2.05, 4.69) is 10.3 Å². The molecular formula is C14H20N2O2. The van der Waals surface area contributed by atoms with Crippen LogP contribution in [0.4, 0.5) is 0 Å². The Morgan fingerprint density at radius 2 is 2.11 bits per heavy atom. The zero-order chi connectivity index (χ0) is 12.8. The van der Waals surface area contributed by atoms with Gasteiger partial charge in [0.1, 0.15) is 0 Å². The summed E-state index contributed by atoms with van der Waals surface area (Å²) in [6, 6.07) is 3.86. The van der Waals surface area contributed by atoms with Gasteiger partial charge in [0.25, 0.3) is 0 Å². The molecule has 2 N–H and O–H groups in total. The van der Waals surface area contributed by atoms with Gasteiger partial charge in [-0.05, 0) is 48.8 Å². The lowest BCUT2D eigenvalue weighted by molar-refractivity contribution is -0.121. The molecule has 2 rings (SSSR count). The van der Waals surface area contributed by atoms with Gasteiger partial charge in [-0.1, -0.05) is 0 Å². The van der Waals surface area contributed by atoms with Gasteiger partial charge >= 0.3 is 0 Å². The molecule has 1 heterocycles. The van der Waals surface area contributed by atoms with Crippen LogP contribution < -0.4 is 5.32 Å². The highest BCUT2D eigenvalue weighted by Gasteiger charge is 2.41. The van der Waals surface area contributed by atoms with Crippen molar-refractivity contribution in [1.82, 2.24) is 10.3 Å². The Hall–Kier alpha value is -1.42. The SMILES string of the molecule is O=C(CCc1ccncc1)NCC1(CCO)CC1. The largest absolute Gasteiger partial charge is 0.396 e. The minimum Gasteiger partial charge on any atom is -0.396 e. The standard InChI is InChI=1S/C14H20N2O2/c17-10-7-14(5-6-14)11-16-13(18)2-1-12-3-8-15-9-4-12/h3-4,8-9,17H,1-2,5-7,10-11H2,(H,16,18). The lowest BCUT2D eigenvalue weighted by atomic mass is 10.0. The van der Waals surface area contributed by atoms with E-state index in [0.717, 1.165) is 31.2 Å². The zero-order valence-corrected chi connectivity index (χ0v) is 10.6. The lowest BCUT2D eigenvalue weighted by Crippen LogP contribution is -2.30. The molecule has 1 aromatic heterocycles. The minimum atomic E-state index is 0.0935. The number of rotatable bonds is 7. The van der Waals surface area contributed by atoms with Crippen molar-refractivity contribution in [1.29, 1.82) is 0 Å². The third kappa shape index (κ3) is 3.81. The summed E-state index contributed by atoms with van der Waals surface area (Å²) in [5.74, 6) is 0.0935. The summed E-state index contributed by atoms with van der Waals surface area (Å²) in [5.41, 5.74) is 1.33. The molecule has 4 nitrogen and oxygen atoms in total. The van der Waals surface area contributed by atoms with Crippen molar-refractivity contribution >= 4 is 5.91 Å². The Labute approximate surface area is 107 Å². The van der Waals surface area contributed by atoms with Crippen molar-refractivity contribution in [3.8, 4) is 0 Å². The van der Waals surface area contributed by atoms with Crippen molar-refractivity contribution in [2.45, 2.75) is 32.1 Å². The number of aliphatic hydroxyl groups excluding tert-OH is 1. The highest BCUT2D eigenvalue weighted by molar-refractivity contribution is 5.76. The molecule has 1 fully saturated rings. The van der Waals surface area contributed by atoms with Crippen LogP contribution in [0.15, 0.2) is 24.5 Å². The number of nitrogens with zero attached hydrogens (tertiary/aromatic N) is 1. The minimum absolute atomic E-state index is 0.0935. The Morgan fingerprint density at radius 3 is 2.72 bits per heavy atom. The molecule has 0 radical (unpaired) electrons. The van der Waals surface area contributed by atoms with E-state index >= 15 is 0 Å². The summed E-state index contributed by atoms with van der Waals surface area (Å²) in [4.78, 5) is 15.7. The van der Waals surface area contributed by atoms with E-state index in [1.54, 1.807) is 12.4 Å². The molecule has 0 spiro atoms. The Morgan fingerprint density at radius 1 is 1.39 bits per heavy atom. The average Bonchev–Trinajstić information content (AvgIpc) is 3.16. The number of aryl methyl sites for hydroxylation is 1. The predicted molar refractivity (Wildman–Crippen MR) is 68.9 cm³/mol. The first-order chi connectivity index (χ1) is 8.74. The first kappa shape index (κ1) is 13.0. The van der Waals surface area contributed by atoms with E-state index in [1.807, 2.05) is 12.1 Å². The smallest absolute Gasteiger partial charge is 0.220 e. The molecule has 1 aromatic rings. The first-order valence-corrected chi connectivity index (χ1v) is 6.51. The number of hydrogen-bond acceptors (Lipinski definition) is 3. The first-order valence-electron chi connectivity index (χ1n) is 6.51. The number of aliphatic hydroxyl groups is 1. The summed E-state index contributed by atoms with van der Waals surface area (Å²) in [6.07, 6.45) is 7.80. The number of amides is 1. The molecule has 0 unspecified atom stereocenters. The summed E-state index contributed by atoms with van der Waals surface area (Å²) in [6.45, 7) is 0.926. The fourth-order valence-electron chi connectivity index (χ4n) is 2.11. The molecule has 0 atom stereocenters. The molecule has 0 aliphatic heterocycles. The second-order valence-electron chi connectivity index (χ2n) is 5.11. The van der Waals surface area contributed by atoms with E-state index in [-0.39, 0.29) is 17.9 Å². The van der Waals surface area contributed by atoms with Crippen molar-refractivity contribution < 1.29 is 9.90 Å². The molecule has 1 amide bonds. The molecule has 1 aliphatic rings. The maximum atomic E-state index is 11.7. The van der Waals surface area contributed by atoms with E-state index in [1.165, 1.54) is 0 Å². The molecule has 98 valence electrons. The van der Waals surface area contributed by atoms with Crippen LogP contribution in [0.25, 0.3) is 0 Å². The normalized spacial score (nSPS) is 16.3. The van der Waals surface area contributed by atoms with Gasteiger partial charge in [-0.2, -0.15) is 0 Å². The van der Waals surface area contributed by atoms with Gasteiger partial charge in [-0.3, -0.25) is 9.78 Å². The van der Waals surface area contributed by atoms with Gasteiger partial charge in [-0.25, -0.2) is 0 Å². The number of carbonyl (C=O) groups excluding carboxylic acids is 1. The van der Waals surface area contributed by atoms with Crippen LogP contribution in [0.1, 0.15) is 31.2 Å². The van der Waals surface area contributed by atoms with Gasteiger partial charge in [0.05, 0.1) is 0 Å². The Bertz CT molecular complexity index is 388. The molecule has 0 bridgehead atoms. The molecule has 4 heteroatoms. The molecule has 1 aliphatic carbocycles. The van der Waals surface area contributed by atoms with Gasteiger partial charge in [-0.15, -0.1) is 0 Å². The number of pyridine rings is 1. The number of carbonyl (C=O) groups is 1. The van der Waals surface area contributed by atoms with Gasteiger partial charge in [0.15, 0.2) is 0 Å². The molecule has 1 saturated carbocycles. The summed E-state index contributed by atoms with van der Waals surface area (Å²) >= 11 is 0. The van der Waals surface area contributed by atoms with Gasteiger partial charge in [0, 0.05) is 32.0 Å². The van der Waals surface area contributed by atoms with Crippen LogP contribution in [-0.4, -0.2) is 29.1 Å². The van der Waals surface area contributed by atoms with Crippen LogP contribution in [-0.2, 0) is 11.2 Å². The third-order valence-corrected chi connectivity index (χ3v) is 3.65. The highest BCUT2D eigenvalue weighted by Crippen LogP contribution is 2.47. The predicted octanol–water partition coefficient (Wildman–Crippen LogP) is 1.29. The van der Waals surface area contributed by atoms with Crippen molar-refractivity contribution in [2.24, 2.45) is 5.41 Å². The number of nitrogens with one attached hydrogen (secondary N) is 1. The summed E-state index contributed by atoms with van der Waals surface area (Å²) < 4.78 is 0. The van der Waals surface area contributed by atoms with E-state index in [9.17, 15) is 4.79 Å². The maximum absolute atomic E-state index is 11.7. The number of aromatic nitrogens is 1. The zero-order valence-electron chi connectivity index (χ0n) is 10.6. The van der Waals surface area contributed by atoms with Gasteiger partial charge < -0.3 is 10.4 Å². The van der Waals surface area contributed by atoms with Crippen LogP contribution in [0.3, 0.4) is 0 Å². The van der Waals surface area contributed by atoms with E-state index < -0.39 is 0 Å².